The summed E-state index contributed by atoms with van der Waals surface area (Å²) in [6, 6.07) is 70.0. The molecule has 10 aromatic carbocycles. The minimum absolute atomic E-state index is 0.591. The maximum atomic E-state index is 6.36. The molecule has 13 rings (SSSR count). The number of hydrogen-bond acceptors (Lipinski definition) is 5. The van der Waals surface area contributed by atoms with Gasteiger partial charge in [-0.2, -0.15) is 0 Å². The van der Waals surface area contributed by atoms with Gasteiger partial charge in [-0.15, -0.1) is 0 Å². The molecule has 0 saturated heterocycles. The zero-order chi connectivity index (χ0) is 40.7. The van der Waals surface area contributed by atoms with Crippen LogP contribution in [0.5, 0.6) is 0 Å². The molecule has 0 N–H and O–H groups in total. The highest BCUT2D eigenvalue weighted by molar-refractivity contribution is 6.16. The first-order chi connectivity index (χ1) is 30.7. The SMILES string of the molecule is c1ccc(-c2ccc3cc(-c4nc(-c5ccc6cc7c(cc6c5)oc5ccccc57)nc(-c5cc(-c6cccc7oc8ccccc8c67)c6ccccc6c5)n4)ccc3c2)cc1. The first-order valence-corrected chi connectivity index (χ1v) is 20.8. The van der Waals surface area contributed by atoms with Crippen molar-refractivity contribution in [2.24, 2.45) is 0 Å². The third-order valence-electron chi connectivity index (χ3n) is 12.2. The molecule has 13 aromatic rings. The molecule has 288 valence electrons. The lowest BCUT2D eigenvalue weighted by Crippen LogP contribution is -2.00. The molecule has 0 aliphatic rings. The lowest BCUT2D eigenvalue weighted by Gasteiger charge is -2.13. The van der Waals surface area contributed by atoms with E-state index in [9.17, 15) is 0 Å². The molecule has 3 heterocycles. The van der Waals surface area contributed by atoms with Crippen molar-refractivity contribution in [3.05, 3.63) is 200 Å². The number of rotatable bonds is 5. The van der Waals surface area contributed by atoms with Crippen molar-refractivity contribution in [3.8, 4) is 56.4 Å². The Morgan fingerprint density at radius 3 is 1.58 bits per heavy atom. The van der Waals surface area contributed by atoms with Gasteiger partial charge in [-0.05, 0) is 115 Å². The molecule has 0 spiro atoms. The van der Waals surface area contributed by atoms with E-state index >= 15 is 0 Å². The molecule has 5 nitrogen and oxygen atoms in total. The summed E-state index contributed by atoms with van der Waals surface area (Å²) in [4.78, 5) is 15.8. The number of nitrogens with zero attached hydrogens (tertiary/aromatic N) is 3. The Morgan fingerprint density at radius 1 is 0.258 bits per heavy atom. The van der Waals surface area contributed by atoms with Gasteiger partial charge in [-0.1, -0.05) is 140 Å². The van der Waals surface area contributed by atoms with Crippen molar-refractivity contribution >= 4 is 76.2 Å². The Hall–Kier alpha value is -8.41. The predicted octanol–water partition coefficient (Wildman–Crippen LogP) is 15.5. The van der Waals surface area contributed by atoms with Crippen LogP contribution in [0.2, 0.25) is 0 Å². The van der Waals surface area contributed by atoms with Crippen LogP contribution in [0.15, 0.2) is 209 Å². The molecule has 0 atom stereocenters. The smallest absolute Gasteiger partial charge is 0.164 e. The monoisotopic (exact) mass is 791 g/mol. The molecule has 0 bridgehead atoms. The highest BCUT2D eigenvalue weighted by atomic mass is 16.3. The maximum absolute atomic E-state index is 6.36. The summed E-state index contributed by atoms with van der Waals surface area (Å²) in [7, 11) is 0. The van der Waals surface area contributed by atoms with Gasteiger partial charge in [-0.25, -0.2) is 15.0 Å². The second kappa shape index (κ2) is 13.6. The minimum atomic E-state index is 0.591. The Labute approximate surface area is 355 Å². The molecular weight excluding hydrogens is 759 g/mol. The number of fused-ring (bicyclic) bond motifs is 9. The van der Waals surface area contributed by atoms with Crippen LogP contribution in [0.4, 0.5) is 0 Å². The molecule has 0 amide bonds. The fraction of sp³-hybridized carbons (Fsp3) is 0. The average molecular weight is 792 g/mol. The fourth-order valence-corrected chi connectivity index (χ4v) is 9.23. The zero-order valence-corrected chi connectivity index (χ0v) is 33.2. The summed E-state index contributed by atoms with van der Waals surface area (Å²) in [5, 5.41) is 11.0. The minimum Gasteiger partial charge on any atom is -0.456 e. The van der Waals surface area contributed by atoms with Crippen molar-refractivity contribution in [2.45, 2.75) is 0 Å². The maximum Gasteiger partial charge on any atom is 0.164 e. The lowest BCUT2D eigenvalue weighted by molar-refractivity contribution is 0.669. The molecule has 5 heteroatoms. The number of para-hydroxylation sites is 2. The number of furan rings is 2. The highest BCUT2D eigenvalue weighted by Crippen LogP contribution is 2.42. The van der Waals surface area contributed by atoms with Gasteiger partial charge in [0.25, 0.3) is 0 Å². The average Bonchev–Trinajstić information content (AvgIpc) is 3.90. The van der Waals surface area contributed by atoms with Crippen LogP contribution in [0, 0.1) is 0 Å². The molecule has 3 aromatic heterocycles. The van der Waals surface area contributed by atoms with Gasteiger partial charge in [0.1, 0.15) is 22.3 Å². The van der Waals surface area contributed by atoms with Gasteiger partial charge < -0.3 is 8.83 Å². The van der Waals surface area contributed by atoms with Gasteiger partial charge in [0, 0.05) is 38.2 Å². The molecule has 0 fully saturated rings. The second-order valence-corrected chi connectivity index (χ2v) is 16.0. The number of benzene rings is 10. The van der Waals surface area contributed by atoms with Crippen molar-refractivity contribution < 1.29 is 8.83 Å². The van der Waals surface area contributed by atoms with E-state index < -0.39 is 0 Å². The van der Waals surface area contributed by atoms with E-state index in [2.05, 4.69) is 164 Å². The van der Waals surface area contributed by atoms with Crippen LogP contribution in [0.1, 0.15) is 0 Å². The Kier molecular flexibility index (Phi) is 7.54. The summed E-state index contributed by atoms with van der Waals surface area (Å²) in [6.45, 7) is 0. The van der Waals surface area contributed by atoms with Gasteiger partial charge in [0.15, 0.2) is 17.5 Å². The van der Waals surface area contributed by atoms with Crippen LogP contribution >= 0.6 is 0 Å². The van der Waals surface area contributed by atoms with E-state index in [1.165, 1.54) is 11.1 Å². The van der Waals surface area contributed by atoms with E-state index in [1.54, 1.807) is 0 Å². The fourth-order valence-electron chi connectivity index (χ4n) is 9.23. The summed E-state index contributed by atoms with van der Waals surface area (Å²) in [5.41, 5.74) is 10.7. The molecule has 62 heavy (non-hydrogen) atoms. The van der Waals surface area contributed by atoms with Gasteiger partial charge in [0.05, 0.1) is 0 Å². The van der Waals surface area contributed by atoms with E-state index in [0.717, 1.165) is 104 Å². The Balaban J connectivity index is 1.02. The van der Waals surface area contributed by atoms with Gasteiger partial charge in [0.2, 0.25) is 0 Å². The van der Waals surface area contributed by atoms with Crippen molar-refractivity contribution in [2.75, 3.05) is 0 Å². The largest absolute Gasteiger partial charge is 0.456 e. The number of aromatic nitrogens is 3. The zero-order valence-electron chi connectivity index (χ0n) is 33.2. The van der Waals surface area contributed by atoms with Crippen molar-refractivity contribution in [1.82, 2.24) is 15.0 Å². The van der Waals surface area contributed by atoms with Crippen molar-refractivity contribution in [1.29, 1.82) is 0 Å². The molecule has 0 unspecified atom stereocenters. The van der Waals surface area contributed by atoms with Crippen LogP contribution in [-0.4, -0.2) is 15.0 Å². The summed E-state index contributed by atoms with van der Waals surface area (Å²) in [6.07, 6.45) is 0. The normalized spacial score (nSPS) is 11.9. The summed E-state index contributed by atoms with van der Waals surface area (Å²) >= 11 is 0. The molecule has 0 saturated carbocycles. The third-order valence-corrected chi connectivity index (χ3v) is 12.2. The van der Waals surface area contributed by atoms with E-state index in [-0.39, 0.29) is 0 Å². The topological polar surface area (TPSA) is 65.0 Å². The van der Waals surface area contributed by atoms with Crippen molar-refractivity contribution in [3.63, 3.8) is 0 Å². The van der Waals surface area contributed by atoms with E-state index in [0.29, 0.717) is 17.5 Å². The summed E-state index contributed by atoms with van der Waals surface area (Å²) in [5.74, 6) is 1.78. The molecular formula is C57H33N3O2. The standard InChI is InChI=1S/C57H33N3O2/c1-2-11-34(12-3-1)35-21-22-37-28-40(25-23-36(37)27-35)55-58-56(41-26-24-38-31-49-45-15-6-8-18-50(45)62-53(49)33-42(38)30-41)60-57(59-55)43-29-39-13-4-5-14-44(39)48(32-43)46-17-10-20-52-54(46)47-16-7-9-19-51(47)61-52/h1-33H. The molecule has 0 aliphatic carbocycles. The highest BCUT2D eigenvalue weighted by Gasteiger charge is 2.19. The Bertz CT molecular complexity index is 3940. The Morgan fingerprint density at radius 2 is 0.806 bits per heavy atom. The first-order valence-electron chi connectivity index (χ1n) is 20.8. The number of hydrogen-bond donors (Lipinski definition) is 0. The van der Waals surface area contributed by atoms with Crippen LogP contribution in [0.3, 0.4) is 0 Å². The third kappa shape index (κ3) is 5.60. The summed E-state index contributed by atoms with van der Waals surface area (Å²) < 4.78 is 12.7. The lowest BCUT2D eigenvalue weighted by atomic mass is 9.92. The first kappa shape index (κ1) is 34.5. The van der Waals surface area contributed by atoms with E-state index in [1.807, 2.05) is 36.4 Å². The van der Waals surface area contributed by atoms with Crippen LogP contribution in [-0.2, 0) is 0 Å². The van der Waals surface area contributed by atoms with Gasteiger partial charge in [-0.3, -0.25) is 0 Å². The predicted molar refractivity (Wildman–Crippen MR) is 254 cm³/mol. The van der Waals surface area contributed by atoms with E-state index in [4.69, 9.17) is 23.8 Å². The quantitative estimate of drug-likeness (QED) is 0.174. The van der Waals surface area contributed by atoms with Gasteiger partial charge >= 0.3 is 0 Å². The second-order valence-electron chi connectivity index (χ2n) is 16.0. The van der Waals surface area contributed by atoms with Crippen LogP contribution < -0.4 is 0 Å². The molecule has 0 aliphatic heterocycles. The van der Waals surface area contributed by atoms with Crippen LogP contribution in [0.25, 0.3) is 133 Å². The molecule has 0 radical (unpaired) electrons.